The lowest BCUT2D eigenvalue weighted by molar-refractivity contribution is 0.195. The maximum Gasteiger partial charge on any atom is 0.315 e. The van der Waals surface area contributed by atoms with Gasteiger partial charge in [0.2, 0.25) is 0 Å². The SMILES string of the molecule is C[C@@H]1[C@H](C)CCC[C@H]1NC(=O)NCc1ccc(-n2cncn2)cc1. The number of nitrogens with zero attached hydrogens (tertiary/aromatic N) is 3. The van der Waals surface area contributed by atoms with Gasteiger partial charge in [-0.3, -0.25) is 0 Å². The van der Waals surface area contributed by atoms with Crippen molar-refractivity contribution in [1.82, 2.24) is 25.4 Å². The molecule has 1 heterocycles. The van der Waals surface area contributed by atoms with Crippen molar-refractivity contribution in [2.24, 2.45) is 11.8 Å². The molecule has 6 nitrogen and oxygen atoms in total. The number of carbonyl (C=O) groups excluding carboxylic acids is 1. The smallest absolute Gasteiger partial charge is 0.315 e. The van der Waals surface area contributed by atoms with Gasteiger partial charge in [-0.15, -0.1) is 0 Å². The molecule has 2 N–H and O–H groups in total. The molecule has 1 fully saturated rings. The Labute approximate surface area is 142 Å². The summed E-state index contributed by atoms with van der Waals surface area (Å²) in [6.07, 6.45) is 6.70. The van der Waals surface area contributed by atoms with Gasteiger partial charge >= 0.3 is 6.03 Å². The Morgan fingerprint density at radius 2 is 2.04 bits per heavy atom. The van der Waals surface area contributed by atoms with E-state index in [4.69, 9.17) is 0 Å². The highest BCUT2D eigenvalue weighted by Gasteiger charge is 2.27. The fourth-order valence-electron chi connectivity index (χ4n) is 3.30. The molecule has 2 aromatic rings. The summed E-state index contributed by atoms with van der Waals surface area (Å²) in [4.78, 5) is 16.1. The van der Waals surface area contributed by atoms with Crippen LogP contribution in [0, 0.1) is 11.8 Å². The Morgan fingerprint density at radius 1 is 1.25 bits per heavy atom. The average Bonchev–Trinajstić information content (AvgIpc) is 3.12. The van der Waals surface area contributed by atoms with E-state index in [-0.39, 0.29) is 12.1 Å². The van der Waals surface area contributed by atoms with Gasteiger partial charge in [0.1, 0.15) is 12.7 Å². The Balaban J connectivity index is 1.49. The molecular formula is C18H25N5O. The number of aromatic nitrogens is 3. The van der Waals surface area contributed by atoms with Crippen molar-refractivity contribution in [2.45, 2.75) is 45.7 Å². The molecule has 3 rings (SSSR count). The summed E-state index contributed by atoms with van der Waals surface area (Å²) in [5.74, 6) is 1.21. The molecule has 0 aliphatic heterocycles. The molecule has 1 aromatic carbocycles. The summed E-state index contributed by atoms with van der Waals surface area (Å²) >= 11 is 0. The molecule has 0 unspecified atom stereocenters. The summed E-state index contributed by atoms with van der Waals surface area (Å²) in [5.41, 5.74) is 2.00. The third kappa shape index (κ3) is 3.93. The van der Waals surface area contributed by atoms with Crippen LogP contribution in [0.1, 0.15) is 38.7 Å². The van der Waals surface area contributed by atoms with Crippen molar-refractivity contribution in [3.63, 3.8) is 0 Å². The van der Waals surface area contributed by atoms with Gasteiger partial charge < -0.3 is 10.6 Å². The van der Waals surface area contributed by atoms with Crippen LogP contribution < -0.4 is 10.6 Å². The van der Waals surface area contributed by atoms with Crippen molar-refractivity contribution < 1.29 is 4.79 Å². The van der Waals surface area contributed by atoms with Crippen LogP contribution in [0.5, 0.6) is 0 Å². The predicted molar refractivity (Wildman–Crippen MR) is 92.7 cm³/mol. The molecule has 6 heteroatoms. The lowest BCUT2D eigenvalue weighted by atomic mass is 9.78. The topological polar surface area (TPSA) is 71.8 Å². The van der Waals surface area contributed by atoms with Crippen molar-refractivity contribution in [1.29, 1.82) is 0 Å². The van der Waals surface area contributed by atoms with E-state index in [2.05, 4.69) is 34.6 Å². The Bertz CT molecular complexity index is 653. The van der Waals surface area contributed by atoms with Crippen molar-refractivity contribution in [3.05, 3.63) is 42.5 Å². The molecule has 1 saturated carbocycles. The number of rotatable bonds is 4. The Hall–Kier alpha value is -2.37. The number of nitrogens with one attached hydrogen (secondary N) is 2. The molecule has 0 saturated heterocycles. The highest BCUT2D eigenvalue weighted by Crippen LogP contribution is 2.29. The molecule has 1 aromatic heterocycles. The minimum Gasteiger partial charge on any atom is -0.335 e. The predicted octanol–water partition coefficient (Wildman–Crippen LogP) is 2.89. The molecular weight excluding hydrogens is 302 g/mol. The number of urea groups is 1. The van der Waals surface area contributed by atoms with Crippen LogP contribution in [0.25, 0.3) is 5.69 Å². The number of hydrogen-bond donors (Lipinski definition) is 2. The van der Waals surface area contributed by atoms with Crippen molar-refractivity contribution in [3.8, 4) is 5.69 Å². The van der Waals surface area contributed by atoms with Gasteiger partial charge in [-0.2, -0.15) is 5.10 Å². The minimum atomic E-state index is -0.0821. The first kappa shape index (κ1) is 16.5. The largest absolute Gasteiger partial charge is 0.335 e. The van der Waals surface area contributed by atoms with E-state index in [0.29, 0.717) is 18.4 Å². The lowest BCUT2D eigenvalue weighted by Crippen LogP contribution is -2.47. The van der Waals surface area contributed by atoms with Crippen LogP contribution in [-0.4, -0.2) is 26.8 Å². The van der Waals surface area contributed by atoms with Gasteiger partial charge in [0.15, 0.2) is 0 Å². The van der Waals surface area contributed by atoms with Crippen molar-refractivity contribution in [2.75, 3.05) is 0 Å². The van der Waals surface area contributed by atoms with E-state index in [0.717, 1.165) is 17.7 Å². The van der Waals surface area contributed by atoms with Gasteiger partial charge in [0, 0.05) is 12.6 Å². The molecule has 128 valence electrons. The van der Waals surface area contributed by atoms with Gasteiger partial charge in [-0.05, 0) is 36.0 Å². The molecule has 0 spiro atoms. The third-order valence-electron chi connectivity index (χ3n) is 5.10. The molecule has 3 atom stereocenters. The summed E-state index contributed by atoms with van der Waals surface area (Å²) in [5, 5.41) is 10.2. The highest BCUT2D eigenvalue weighted by atomic mass is 16.2. The van der Waals surface area contributed by atoms with E-state index in [1.807, 2.05) is 24.3 Å². The zero-order valence-electron chi connectivity index (χ0n) is 14.3. The fourth-order valence-corrected chi connectivity index (χ4v) is 3.30. The van der Waals surface area contributed by atoms with E-state index >= 15 is 0 Å². The maximum absolute atomic E-state index is 12.1. The lowest BCUT2D eigenvalue weighted by Gasteiger charge is -2.34. The molecule has 0 radical (unpaired) electrons. The standard InChI is InChI=1S/C18H25N5O/c1-13-4-3-5-17(14(13)2)22-18(24)20-10-15-6-8-16(9-7-15)23-12-19-11-21-23/h6-9,11-14,17H,3-5,10H2,1-2H3,(H2,20,22,24)/t13-,14-,17-/m1/s1. The van der Waals surface area contributed by atoms with E-state index in [1.54, 1.807) is 11.0 Å². The van der Waals surface area contributed by atoms with E-state index < -0.39 is 0 Å². The fraction of sp³-hybridized carbons (Fsp3) is 0.500. The van der Waals surface area contributed by atoms with Crippen LogP contribution in [0.3, 0.4) is 0 Å². The second kappa shape index (κ2) is 7.47. The van der Waals surface area contributed by atoms with Crippen LogP contribution in [0.2, 0.25) is 0 Å². The van der Waals surface area contributed by atoms with Gasteiger partial charge in [-0.25, -0.2) is 14.5 Å². The Morgan fingerprint density at radius 3 is 2.75 bits per heavy atom. The maximum atomic E-state index is 12.1. The summed E-state index contributed by atoms with van der Waals surface area (Å²) in [6, 6.07) is 8.11. The number of carbonyl (C=O) groups is 1. The molecule has 24 heavy (non-hydrogen) atoms. The zero-order chi connectivity index (χ0) is 16.9. The van der Waals surface area contributed by atoms with E-state index in [9.17, 15) is 4.79 Å². The average molecular weight is 327 g/mol. The Kier molecular flexibility index (Phi) is 5.13. The normalized spacial score (nSPS) is 23.7. The first-order valence-electron chi connectivity index (χ1n) is 8.62. The number of benzene rings is 1. The minimum absolute atomic E-state index is 0.0821. The quantitative estimate of drug-likeness (QED) is 0.907. The van der Waals surface area contributed by atoms with Gasteiger partial charge in [0.05, 0.1) is 5.69 Å². The first-order valence-corrected chi connectivity index (χ1v) is 8.62. The number of hydrogen-bond acceptors (Lipinski definition) is 3. The van der Waals surface area contributed by atoms with Gasteiger partial charge in [0.25, 0.3) is 0 Å². The van der Waals surface area contributed by atoms with Crippen LogP contribution in [-0.2, 0) is 6.54 Å². The second-order valence-electron chi connectivity index (χ2n) is 6.71. The molecule has 1 aliphatic rings. The zero-order valence-corrected chi connectivity index (χ0v) is 14.3. The summed E-state index contributed by atoms with van der Waals surface area (Å²) in [7, 11) is 0. The van der Waals surface area contributed by atoms with Crippen molar-refractivity contribution >= 4 is 6.03 Å². The van der Waals surface area contributed by atoms with Crippen LogP contribution in [0.15, 0.2) is 36.9 Å². The second-order valence-corrected chi connectivity index (χ2v) is 6.71. The number of amides is 2. The molecule has 2 amide bonds. The molecule has 1 aliphatic carbocycles. The third-order valence-corrected chi connectivity index (χ3v) is 5.10. The van der Waals surface area contributed by atoms with E-state index in [1.165, 1.54) is 19.2 Å². The highest BCUT2D eigenvalue weighted by molar-refractivity contribution is 5.74. The van der Waals surface area contributed by atoms with Crippen LogP contribution >= 0.6 is 0 Å². The summed E-state index contributed by atoms with van der Waals surface area (Å²) < 4.78 is 1.70. The first-order chi connectivity index (χ1) is 11.6. The summed E-state index contributed by atoms with van der Waals surface area (Å²) in [6.45, 7) is 5.02. The van der Waals surface area contributed by atoms with Crippen LogP contribution in [0.4, 0.5) is 4.79 Å². The van der Waals surface area contributed by atoms with Gasteiger partial charge in [-0.1, -0.05) is 38.8 Å². The molecule has 0 bridgehead atoms. The monoisotopic (exact) mass is 327 g/mol.